The van der Waals surface area contributed by atoms with Gasteiger partial charge in [0.15, 0.2) is 17.5 Å². The molecule has 0 amide bonds. The van der Waals surface area contributed by atoms with E-state index >= 15 is 0 Å². The highest BCUT2D eigenvalue weighted by molar-refractivity contribution is 7.10. The molecule has 1 fully saturated rings. The van der Waals surface area contributed by atoms with Crippen molar-refractivity contribution in [3.05, 3.63) is 40.1 Å². The first kappa shape index (κ1) is 22.2. The van der Waals surface area contributed by atoms with Crippen LogP contribution in [0.15, 0.2) is 34.6 Å². The first-order chi connectivity index (χ1) is 14.6. The smallest absolute Gasteiger partial charge is 0.200 e. The van der Waals surface area contributed by atoms with Crippen molar-refractivity contribution in [1.29, 1.82) is 0 Å². The van der Waals surface area contributed by atoms with E-state index in [4.69, 9.17) is 9.47 Å². The van der Waals surface area contributed by atoms with Gasteiger partial charge in [-0.1, -0.05) is 6.07 Å². The van der Waals surface area contributed by atoms with E-state index in [2.05, 4.69) is 45.1 Å². The minimum Gasteiger partial charge on any atom is -0.502 e. The molecule has 7 nitrogen and oxygen atoms in total. The molecule has 3 N–H and O–H groups in total. The molecule has 8 heteroatoms. The van der Waals surface area contributed by atoms with Crippen LogP contribution in [-0.2, 0) is 6.54 Å². The van der Waals surface area contributed by atoms with Gasteiger partial charge in [0.05, 0.1) is 14.2 Å². The van der Waals surface area contributed by atoms with E-state index in [1.54, 1.807) is 19.2 Å². The molecule has 2 heterocycles. The van der Waals surface area contributed by atoms with Crippen molar-refractivity contribution in [1.82, 2.24) is 15.5 Å². The summed E-state index contributed by atoms with van der Waals surface area (Å²) in [5.74, 6) is 2.05. The average molecular weight is 433 g/mol. The largest absolute Gasteiger partial charge is 0.502 e. The molecule has 0 bridgehead atoms. The summed E-state index contributed by atoms with van der Waals surface area (Å²) in [7, 11) is 7.04. The second kappa shape index (κ2) is 10.5. The summed E-state index contributed by atoms with van der Waals surface area (Å²) in [5.41, 5.74) is 0.929. The van der Waals surface area contributed by atoms with Crippen LogP contribution in [0.5, 0.6) is 17.2 Å². The Morgan fingerprint density at radius 1 is 1.27 bits per heavy atom. The molecule has 0 radical (unpaired) electrons. The average Bonchev–Trinajstić information content (AvgIpc) is 3.29. The number of nitrogens with zero attached hydrogens (tertiary/aromatic N) is 2. The van der Waals surface area contributed by atoms with Gasteiger partial charge in [-0.3, -0.25) is 9.89 Å². The number of guanidine groups is 1. The monoisotopic (exact) mass is 432 g/mol. The van der Waals surface area contributed by atoms with Gasteiger partial charge in [0.1, 0.15) is 0 Å². The van der Waals surface area contributed by atoms with Crippen molar-refractivity contribution in [2.45, 2.75) is 25.4 Å². The lowest BCUT2D eigenvalue weighted by atomic mass is 9.88. The number of rotatable bonds is 7. The molecule has 0 aliphatic carbocycles. The zero-order chi connectivity index (χ0) is 21.5. The zero-order valence-corrected chi connectivity index (χ0v) is 19.0. The van der Waals surface area contributed by atoms with Crippen molar-refractivity contribution >= 4 is 17.3 Å². The Morgan fingerprint density at radius 2 is 2.00 bits per heavy atom. The normalized spacial score (nSPS) is 20.1. The van der Waals surface area contributed by atoms with Crippen molar-refractivity contribution < 1.29 is 14.6 Å². The molecule has 1 saturated heterocycles. The number of benzene rings is 1. The Bertz CT molecular complexity index is 816. The number of phenolic OH excluding ortho intramolecular Hbond substituents is 1. The van der Waals surface area contributed by atoms with Crippen LogP contribution in [0.1, 0.15) is 29.3 Å². The fraction of sp³-hybridized carbons (Fsp3) is 0.500. The highest BCUT2D eigenvalue weighted by Gasteiger charge is 2.31. The highest BCUT2D eigenvalue weighted by atomic mass is 32.1. The Labute approximate surface area is 182 Å². The molecule has 164 valence electrons. The van der Waals surface area contributed by atoms with Crippen LogP contribution in [-0.4, -0.2) is 57.4 Å². The first-order valence-corrected chi connectivity index (χ1v) is 11.1. The maximum absolute atomic E-state index is 10.1. The van der Waals surface area contributed by atoms with E-state index in [1.165, 1.54) is 31.9 Å². The summed E-state index contributed by atoms with van der Waals surface area (Å²) < 4.78 is 10.5. The molecule has 2 unspecified atom stereocenters. The van der Waals surface area contributed by atoms with E-state index in [0.717, 1.165) is 24.6 Å². The van der Waals surface area contributed by atoms with Crippen LogP contribution in [0.2, 0.25) is 0 Å². The van der Waals surface area contributed by atoms with Gasteiger partial charge in [0.25, 0.3) is 0 Å². The topological polar surface area (TPSA) is 78.4 Å². The van der Waals surface area contributed by atoms with E-state index in [0.29, 0.717) is 30.0 Å². The van der Waals surface area contributed by atoms with Crippen molar-refractivity contribution in [2.75, 3.05) is 41.4 Å². The van der Waals surface area contributed by atoms with Gasteiger partial charge in [-0.15, -0.1) is 11.3 Å². The lowest BCUT2D eigenvalue weighted by Gasteiger charge is -2.39. The third-order valence-electron chi connectivity index (χ3n) is 5.60. The molecule has 2 atom stereocenters. The van der Waals surface area contributed by atoms with E-state index in [1.807, 2.05) is 11.3 Å². The fourth-order valence-corrected chi connectivity index (χ4v) is 5.05. The van der Waals surface area contributed by atoms with E-state index in [9.17, 15) is 5.11 Å². The third kappa shape index (κ3) is 5.17. The summed E-state index contributed by atoms with van der Waals surface area (Å²) >= 11 is 1.83. The fourth-order valence-electron chi connectivity index (χ4n) is 4.07. The van der Waals surface area contributed by atoms with Gasteiger partial charge in [-0.05, 0) is 61.5 Å². The van der Waals surface area contributed by atoms with Crippen LogP contribution in [0.25, 0.3) is 0 Å². The maximum Gasteiger partial charge on any atom is 0.200 e. The number of ether oxygens (including phenoxy) is 2. The van der Waals surface area contributed by atoms with Gasteiger partial charge >= 0.3 is 0 Å². The minimum absolute atomic E-state index is 0.00675. The molecule has 1 aliphatic heterocycles. The Morgan fingerprint density at radius 3 is 2.60 bits per heavy atom. The quantitative estimate of drug-likeness (QED) is 0.461. The lowest BCUT2D eigenvalue weighted by Crippen LogP contribution is -2.44. The van der Waals surface area contributed by atoms with Crippen molar-refractivity contribution in [2.24, 2.45) is 10.9 Å². The lowest BCUT2D eigenvalue weighted by molar-refractivity contribution is 0.125. The Balaban J connectivity index is 1.61. The standard InChI is InChI=1S/C22H32N4O3S/c1-23-22(24-13-15-11-17(28-3)21(27)18(12-15)29-4)25-14-16-7-5-9-26(2)20(16)19-8-6-10-30-19/h6,8,10-12,16,20,27H,5,7,9,13-14H2,1-4H3,(H2,23,24,25). The number of methoxy groups -OCH3 is 2. The number of phenols is 1. The number of likely N-dealkylation sites (tertiary alicyclic amines) is 1. The molecule has 1 aromatic carbocycles. The molecule has 1 aliphatic rings. The number of thiophene rings is 1. The van der Waals surface area contributed by atoms with Gasteiger partial charge in [0.2, 0.25) is 5.75 Å². The summed E-state index contributed by atoms with van der Waals surface area (Å²) in [4.78, 5) is 8.26. The van der Waals surface area contributed by atoms with Gasteiger partial charge in [-0.2, -0.15) is 0 Å². The van der Waals surface area contributed by atoms with E-state index in [-0.39, 0.29) is 5.75 Å². The van der Waals surface area contributed by atoms with E-state index < -0.39 is 0 Å². The highest BCUT2D eigenvalue weighted by Crippen LogP contribution is 2.38. The zero-order valence-electron chi connectivity index (χ0n) is 18.1. The molecule has 1 aromatic heterocycles. The number of aliphatic imine (C=N–C) groups is 1. The predicted molar refractivity (Wildman–Crippen MR) is 122 cm³/mol. The van der Waals surface area contributed by atoms with Crippen molar-refractivity contribution in [3.8, 4) is 17.2 Å². The molecule has 30 heavy (non-hydrogen) atoms. The SMILES string of the molecule is CN=C(NCc1cc(OC)c(O)c(OC)c1)NCC1CCCN(C)C1c1cccs1. The minimum atomic E-state index is 0.00675. The molecule has 2 aromatic rings. The van der Waals surface area contributed by atoms with Gasteiger partial charge in [-0.25, -0.2) is 0 Å². The molecule has 0 spiro atoms. The van der Waals surface area contributed by atoms with Crippen LogP contribution in [0.3, 0.4) is 0 Å². The Hall–Kier alpha value is -2.45. The summed E-state index contributed by atoms with van der Waals surface area (Å²) in [5, 5.41) is 19.1. The number of piperidine rings is 1. The molecule has 0 saturated carbocycles. The van der Waals surface area contributed by atoms with Crippen LogP contribution >= 0.6 is 11.3 Å². The second-order valence-electron chi connectivity index (χ2n) is 7.50. The predicted octanol–water partition coefficient (Wildman–Crippen LogP) is 3.22. The molecular weight excluding hydrogens is 400 g/mol. The third-order valence-corrected chi connectivity index (χ3v) is 6.54. The van der Waals surface area contributed by atoms with Gasteiger partial charge < -0.3 is 25.2 Å². The number of aromatic hydroxyl groups is 1. The first-order valence-electron chi connectivity index (χ1n) is 10.2. The summed E-state index contributed by atoms with van der Waals surface area (Å²) in [6.45, 7) is 2.52. The summed E-state index contributed by atoms with van der Waals surface area (Å²) in [6, 6.07) is 8.40. The number of nitrogens with one attached hydrogen (secondary N) is 2. The number of hydrogen-bond donors (Lipinski definition) is 3. The molecule has 3 rings (SSSR count). The maximum atomic E-state index is 10.1. The van der Waals surface area contributed by atoms with Crippen LogP contribution in [0.4, 0.5) is 0 Å². The van der Waals surface area contributed by atoms with Gasteiger partial charge in [0, 0.05) is 31.1 Å². The van der Waals surface area contributed by atoms with Crippen LogP contribution < -0.4 is 20.1 Å². The van der Waals surface area contributed by atoms with Crippen LogP contribution in [0, 0.1) is 5.92 Å². The second-order valence-corrected chi connectivity index (χ2v) is 8.48. The summed E-state index contributed by atoms with van der Waals surface area (Å²) in [6.07, 6.45) is 2.41. The Kier molecular flexibility index (Phi) is 7.81. The van der Waals surface area contributed by atoms with Crippen molar-refractivity contribution in [3.63, 3.8) is 0 Å². The number of hydrogen-bond acceptors (Lipinski definition) is 6. The molecular formula is C22H32N4O3S.